The van der Waals surface area contributed by atoms with E-state index in [-0.39, 0.29) is 11.4 Å². The summed E-state index contributed by atoms with van der Waals surface area (Å²) in [6, 6.07) is 20.3. The number of ether oxygens (including phenoxy) is 2. The summed E-state index contributed by atoms with van der Waals surface area (Å²) in [7, 11) is -3.99. The molecular weight excluding hydrogens is 496 g/mol. The Labute approximate surface area is 208 Å². The molecule has 0 saturated heterocycles. The summed E-state index contributed by atoms with van der Waals surface area (Å²) in [6.45, 7) is 0.803. The van der Waals surface area contributed by atoms with Gasteiger partial charge in [-0.2, -0.15) is 0 Å². The standard InChI is InChI=1S/C24H23ClN2O5S2/c25-18-6-9-20(10-7-18)33-15-12-26-24(28)17-27(34(29,30)21-4-2-1-3-5-21)19-8-11-22-23(16-19)32-14-13-31-22/h1-11,16H,12-15,17H2,(H,26,28). The molecule has 1 N–H and O–H groups in total. The fraction of sp³-hybridized carbons (Fsp3) is 0.208. The van der Waals surface area contributed by atoms with Gasteiger partial charge in [0.05, 0.1) is 10.6 Å². The van der Waals surface area contributed by atoms with E-state index in [0.717, 1.165) is 9.20 Å². The first kappa shape index (κ1) is 24.3. The molecule has 1 heterocycles. The minimum absolute atomic E-state index is 0.0935. The van der Waals surface area contributed by atoms with Gasteiger partial charge in [-0.3, -0.25) is 9.10 Å². The number of nitrogens with zero attached hydrogens (tertiary/aromatic N) is 1. The molecule has 0 atom stereocenters. The summed E-state index contributed by atoms with van der Waals surface area (Å²) in [5, 5.41) is 3.47. The Morgan fingerprint density at radius 2 is 1.68 bits per heavy atom. The average Bonchev–Trinajstić information content (AvgIpc) is 2.86. The highest BCUT2D eigenvalue weighted by Crippen LogP contribution is 2.35. The molecule has 1 aliphatic rings. The molecular formula is C24H23ClN2O5S2. The normalized spacial score (nSPS) is 12.7. The van der Waals surface area contributed by atoms with Crippen LogP contribution in [0.2, 0.25) is 5.02 Å². The van der Waals surface area contributed by atoms with Gasteiger partial charge in [0.25, 0.3) is 10.0 Å². The molecule has 0 fully saturated rings. The first-order valence-electron chi connectivity index (χ1n) is 10.6. The fourth-order valence-corrected chi connectivity index (χ4v) is 5.63. The van der Waals surface area contributed by atoms with Crippen molar-refractivity contribution < 1.29 is 22.7 Å². The average molecular weight is 519 g/mol. The van der Waals surface area contributed by atoms with Gasteiger partial charge in [-0.1, -0.05) is 29.8 Å². The molecule has 0 saturated carbocycles. The van der Waals surface area contributed by atoms with E-state index in [2.05, 4.69) is 5.32 Å². The largest absolute Gasteiger partial charge is 0.486 e. The molecule has 10 heteroatoms. The molecule has 3 aromatic carbocycles. The summed E-state index contributed by atoms with van der Waals surface area (Å²) in [4.78, 5) is 13.9. The molecule has 1 aliphatic heterocycles. The van der Waals surface area contributed by atoms with E-state index in [1.54, 1.807) is 48.2 Å². The van der Waals surface area contributed by atoms with Crippen LogP contribution < -0.4 is 19.1 Å². The Morgan fingerprint density at radius 1 is 0.971 bits per heavy atom. The number of thioether (sulfide) groups is 1. The lowest BCUT2D eigenvalue weighted by Crippen LogP contribution is -2.41. The third kappa shape index (κ3) is 5.97. The minimum atomic E-state index is -3.99. The smallest absolute Gasteiger partial charge is 0.264 e. The van der Waals surface area contributed by atoms with Crippen molar-refractivity contribution in [1.82, 2.24) is 5.32 Å². The second-order valence-electron chi connectivity index (χ2n) is 7.31. The Bertz CT molecular complexity index is 1240. The fourth-order valence-electron chi connectivity index (χ4n) is 3.30. The van der Waals surface area contributed by atoms with Crippen molar-refractivity contribution in [3.05, 3.63) is 77.8 Å². The number of sulfonamides is 1. The van der Waals surface area contributed by atoms with Crippen molar-refractivity contribution in [3.8, 4) is 11.5 Å². The van der Waals surface area contributed by atoms with Crippen LogP contribution in [-0.2, 0) is 14.8 Å². The first-order chi connectivity index (χ1) is 16.4. The van der Waals surface area contributed by atoms with Crippen molar-refractivity contribution in [2.75, 3.05) is 36.4 Å². The molecule has 0 aliphatic carbocycles. The number of fused-ring (bicyclic) bond motifs is 1. The molecule has 0 aromatic heterocycles. The van der Waals surface area contributed by atoms with E-state index < -0.39 is 15.9 Å². The quantitative estimate of drug-likeness (QED) is 0.337. The van der Waals surface area contributed by atoms with E-state index in [4.69, 9.17) is 21.1 Å². The number of anilines is 1. The molecule has 4 rings (SSSR count). The number of nitrogens with one attached hydrogen (secondary N) is 1. The van der Waals surface area contributed by atoms with Crippen LogP contribution in [-0.4, -0.2) is 46.4 Å². The van der Waals surface area contributed by atoms with Crippen LogP contribution in [0.1, 0.15) is 0 Å². The highest BCUT2D eigenvalue weighted by Gasteiger charge is 2.28. The number of amides is 1. The third-order valence-corrected chi connectivity index (χ3v) is 7.99. The monoisotopic (exact) mass is 518 g/mol. The number of benzene rings is 3. The summed E-state index contributed by atoms with van der Waals surface area (Å²) in [5.74, 6) is 1.20. The first-order valence-corrected chi connectivity index (χ1v) is 13.4. The predicted molar refractivity (Wildman–Crippen MR) is 134 cm³/mol. The molecule has 7 nitrogen and oxygen atoms in total. The maximum Gasteiger partial charge on any atom is 0.264 e. The lowest BCUT2D eigenvalue weighted by molar-refractivity contribution is -0.119. The van der Waals surface area contributed by atoms with Crippen LogP contribution in [0.5, 0.6) is 11.5 Å². The highest BCUT2D eigenvalue weighted by molar-refractivity contribution is 7.99. The maximum absolute atomic E-state index is 13.4. The lowest BCUT2D eigenvalue weighted by Gasteiger charge is -2.26. The zero-order chi connectivity index (χ0) is 24.0. The summed E-state index contributed by atoms with van der Waals surface area (Å²) in [5.41, 5.74) is 0.318. The van der Waals surface area contributed by atoms with Crippen molar-refractivity contribution in [2.24, 2.45) is 0 Å². The number of halogens is 1. The van der Waals surface area contributed by atoms with Crippen LogP contribution in [0.4, 0.5) is 5.69 Å². The van der Waals surface area contributed by atoms with Crippen LogP contribution in [0.3, 0.4) is 0 Å². The molecule has 0 unspecified atom stereocenters. The van der Waals surface area contributed by atoms with Crippen LogP contribution in [0.15, 0.2) is 82.6 Å². The van der Waals surface area contributed by atoms with Gasteiger partial charge >= 0.3 is 0 Å². The molecule has 0 radical (unpaired) electrons. The van der Waals surface area contributed by atoms with Crippen molar-refractivity contribution in [2.45, 2.75) is 9.79 Å². The van der Waals surface area contributed by atoms with Crippen molar-refractivity contribution in [3.63, 3.8) is 0 Å². The Kier molecular flexibility index (Phi) is 7.87. The molecule has 3 aromatic rings. The third-order valence-electron chi connectivity index (χ3n) is 4.94. The lowest BCUT2D eigenvalue weighted by atomic mass is 10.2. The van der Waals surface area contributed by atoms with Crippen LogP contribution in [0.25, 0.3) is 0 Å². The summed E-state index contributed by atoms with van der Waals surface area (Å²) >= 11 is 7.47. The number of hydrogen-bond acceptors (Lipinski definition) is 6. The maximum atomic E-state index is 13.4. The zero-order valence-corrected chi connectivity index (χ0v) is 20.5. The Balaban J connectivity index is 1.48. The number of hydrogen-bond donors (Lipinski definition) is 1. The summed E-state index contributed by atoms with van der Waals surface area (Å²) in [6.07, 6.45) is 0. The number of carbonyl (C=O) groups is 1. The summed E-state index contributed by atoms with van der Waals surface area (Å²) < 4.78 is 39.1. The molecule has 0 bridgehead atoms. The Hall–Kier alpha value is -2.88. The van der Waals surface area contributed by atoms with Gasteiger partial charge in [0, 0.05) is 28.3 Å². The van der Waals surface area contributed by atoms with Crippen LogP contribution >= 0.6 is 23.4 Å². The molecule has 178 valence electrons. The number of carbonyl (C=O) groups excluding carboxylic acids is 1. The second-order valence-corrected chi connectivity index (χ2v) is 10.8. The molecule has 0 spiro atoms. The van der Waals surface area contributed by atoms with Gasteiger partial charge in [-0.05, 0) is 48.5 Å². The van der Waals surface area contributed by atoms with Crippen LogP contribution in [0, 0.1) is 0 Å². The number of rotatable bonds is 9. The van der Waals surface area contributed by atoms with E-state index in [9.17, 15) is 13.2 Å². The van der Waals surface area contributed by atoms with Gasteiger partial charge in [-0.25, -0.2) is 8.42 Å². The minimum Gasteiger partial charge on any atom is -0.486 e. The SMILES string of the molecule is O=C(CN(c1ccc2c(c1)OCCO2)S(=O)(=O)c1ccccc1)NCCSc1ccc(Cl)cc1. The molecule has 34 heavy (non-hydrogen) atoms. The molecule has 1 amide bonds. The Morgan fingerprint density at radius 3 is 2.41 bits per heavy atom. The topological polar surface area (TPSA) is 84.9 Å². The van der Waals surface area contributed by atoms with E-state index in [1.807, 2.05) is 24.3 Å². The highest BCUT2D eigenvalue weighted by atomic mass is 35.5. The van der Waals surface area contributed by atoms with E-state index >= 15 is 0 Å². The van der Waals surface area contributed by atoms with Crippen molar-refractivity contribution >= 4 is 45.0 Å². The predicted octanol–water partition coefficient (Wildman–Crippen LogP) is 4.22. The van der Waals surface area contributed by atoms with Crippen molar-refractivity contribution in [1.29, 1.82) is 0 Å². The van der Waals surface area contributed by atoms with E-state index in [1.165, 1.54) is 12.1 Å². The van der Waals surface area contributed by atoms with Gasteiger partial charge in [0.2, 0.25) is 5.91 Å². The second kappa shape index (κ2) is 11.0. The van der Waals surface area contributed by atoms with Gasteiger partial charge in [-0.15, -0.1) is 11.8 Å². The van der Waals surface area contributed by atoms with Gasteiger partial charge in [0.15, 0.2) is 11.5 Å². The van der Waals surface area contributed by atoms with E-state index in [0.29, 0.717) is 47.7 Å². The van der Waals surface area contributed by atoms with Gasteiger partial charge < -0.3 is 14.8 Å². The van der Waals surface area contributed by atoms with Gasteiger partial charge in [0.1, 0.15) is 19.8 Å². The zero-order valence-electron chi connectivity index (χ0n) is 18.1.